The van der Waals surface area contributed by atoms with Gasteiger partial charge in [0.1, 0.15) is 0 Å². The van der Waals surface area contributed by atoms with Crippen LogP contribution in [0.25, 0.3) is 0 Å². The summed E-state index contributed by atoms with van der Waals surface area (Å²) >= 11 is 9.39. The van der Waals surface area contributed by atoms with Crippen molar-refractivity contribution in [2.24, 2.45) is 0 Å². The zero-order valence-electron chi connectivity index (χ0n) is 6.60. The summed E-state index contributed by atoms with van der Waals surface area (Å²) in [6, 6.07) is 2.15. The molecule has 7 heteroatoms. The molecule has 0 spiro atoms. The maximum atomic E-state index is 11.8. The summed E-state index contributed by atoms with van der Waals surface area (Å²) in [6.45, 7) is 0. The molecule has 2 nitrogen and oxygen atoms in total. The summed E-state index contributed by atoms with van der Waals surface area (Å²) in [4.78, 5) is 0.167. The second kappa shape index (κ2) is 3.78. The van der Waals surface area contributed by atoms with E-state index in [0.29, 0.717) is 0 Å². The van der Waals surface area contributed by atoms with Crippen LogP contribution in [-0.4, -0.2) is 6.36 Å². The lowest BCUT2D eigenvalue weighted by atomic mass is 10.3. The molecular formula is C7H5ClF3NOS. The molecule has 0 radical (unpaired) electrons. The highest BCUT2D eigenvalue weighted by Crippen LogP contribution is 2.34. The number of hydrogen-bond acceptors (Lipinski definition) is 3. The van der Waals surface area contributed by atoms with Gasteiger partial charge in [0, 0.05) is 4.90 Å². The van der Waals surface area contributed by atoms with Crippen molar-refractivity contribution in [3.63, 3.8) is 0 Å². The van der Waals surface area contributed by atoms with Crippen LogP contribution in [0.2, 0.25) is 5.02 Å². The Kier molecular flexibility index (Phi) is 3.06. The van der Waals surface area contributed by atoms with Gasteiger partial charge in [-0.25, -0.2) is 0 Å². The number of benzene rings is 1. The third-order valence-corrected chi connectivity index (χ3v) is 2.12. The average molecular weight is 244 g/mol. The molecule has 2 N–H and O–H groups in total. The van der Waals surface area contributed by atoms with Gasteiger partial charge in [-0.05, 0) is 12.1 Å². The van der Waals surface area contributed by atoms with E-state index >= 15 is 0 Å². The fraction of sp³-hybridized carbons (Fsp3) is 0.143. The Morgan fingerprint density at radius 2 is 1.93 bits per heavy atom. The predicted octanol–water partition coefficient (Wildman–Crippen LogP) is 3.11. The van der Waals surface area contributed by atoms with Crippen LogP contribution in [0.4, 0.5) is 18.9 Å². The number of anilines is 1. The van der Waals surface area contributed by atoms with Crippen LogP contribution in [0.1, 0.15) is 0 Å². The van der Waals surface area contributed by atoms with Crippen molar-refractivity contribution in [3.05, 3.63) is 17.2 Å². The topological polar surface area (TPSA) is 35.2 Å². The van der Waals surface area contributed by atoms with E-state index in [4.69, 9.17) is 17.3 Å². The van der Waals surface area contributed by atoms with E-state index in [1.165, 1.54) is 0 Å². The van der Waals surface area contributed by atoms with Gasteiger partial charge in [0.15, 0.2) is 5.75 Å². The van der Waals surface area contributed by atoms with Gasteiger partial charge in [0.25, 0.3) is 0 Å². The van der Waals surface area contributed by atoms with E-state index in [9.17, 15) is 13.2 Å². The second-order valence-electron chi connectivity index (χ2n) is 2.39. The smallest absolute Gasteiger partial charge is 0.404 e. The number of thiol groups is 1. The monoisotopic (exact) mass is 243 g/mol. The number of alkyl halides is 3. The van der Waals surface area contributed by atoms with Gasteiger partial charge in [-0.1, -0.05) is 11.6 Å². The lowest BCUT2D eigenvalue weighted by molar-refractivity contribution is -0.274. The molecule has 1 aromatic rings. The zero-order chi connectivity index (χ0) is 10.9. The first kappa shape index (κ1) is 11.3. The maximum Gasteiger partial charge on any atom is 0.573 e. The van der Waals surface area contributed by atoms with Gasteiger partial charge in [0.2, 0.25) is 0 Å². The first-order valence-electron chi connectivity index (χ1n) is 3.33. The van der Waals surface area contributed by atoms with Crippen LogP contribution in [0, 0.1) is 0 Å². The molecule has 0 aliphatic carbocycles. The standard InChI is InChI=1S/C7H5ClF3NOS/c8-3-1-4(12)5(2-6(3)14)13-7(9,10)11/h1-2,14H,12H2. The molecule has 0 amide bonds. The Bertz CT molecular complexity index is 356. The van der Waals surface area contributed by atoms with Crippen LogP contribution >= 0.6 is 24.2 Å². The molecule has 0 aliphatic heterocycles. The summed E-state index contributed by atoms with van der Waals surface area (Å²) in [6.07, 6.45) is -4.78. The van der Waals surface area contributed by atoms with Crippen molar-refractivity contribution >= 4 is 29.9 Å². The van der Waals surface area contributed by atoms with Crippen LogP contribution < -0.4 is 10.5 Å². The number of hydrogen-bond donors (Lipinski definition) is 2. The van der Waals surface area contributed by atoms with E-state index < -0.39 is 12.1 Å². The highest BCUT2D eigenvalue weighted by Gasteiger charge is 2.32. The molecular weight excluding hydrogens is 239 g/mol. The maximum absolute atomic E-state index is 11.8. The van der Waals surface area contributed by atoms with Crippen molar-refractivity contribution in [2.45, 2.75) is 11.3 Å². The molecule has 78 valence electrons. The third-order valence-electron chi connectivity index (χ3n) is 1.30. The Labute approximate surface area is 88.2 Å². The van der Waals surface area contributed by atoms with E-state index in [-0.39, 0.29) is 15.6 Å². The lowest BCUT2D eigenvalue weighted by Gasteiger charge is -2.11. The van der Waals surface area contributed by atoms with Gasteiger partial charge < -0.3 is 10.5 Å². The average Bonchev–Trinajstić information content (AvgIpc) is 1.97. The fourth-order valence-corrected chi connectivity index (χ4v) is 1.13. The van der Waals surface area contributed by atoms with E-state index in [1.54, 1.807) is 0 Å². The summed E-state index contributed by atoms with van der Waals surface area (Å²) in [5.74, 6) is -0.507. The molecule has 0 heterocycles. The molecule has 0 aliphatic rings. The molecule has 0 unspecified atom stereocenters. The Hall–Kier alpha value is -0.750. The first-order chi connectivity index (χ1) is 6.29. The molecule has 0 saturated heterocycles. The number of nitrogens with two attached hydrogens (primary N) is 1. The number of nitrogen functional groups attached to an aromatic ring is 1. The van der Waals surface area contributed by atoms with E-state index in [1.807, 2.05) is 0 Å². The predicted molar refractivity (Wildman–Crippen MR) is 49.8 cm³/mol. The summed E-state index contributed by atoms with van der Waals surface area (Å²) in [5.41, 5.74) is 5.06. The van der Waals surface area contributed by atoms with Crippen LogP contribution in [-0.2, 0) is 0 Å². The highest BCUT2D eigenvalue weighted by atomic mass is 35.5. The van der Waals surface area contributed by atoms with Crippen molar-refractivity contribution in [3.8, 4) is 5.75 Å². The molecule has 14 heavy (non-hydrogen) atoms. The molecule has 0 saturated carbocycles. The first-order valence-corrected chi connectivity index (χ1v) is 4.16. The van der Waals surface area contributed by atoms with Crippen LogP contribution in [0.3, 0.4) is 0 Å². The van der Waals surface area contributed by atoms with E-state index in [2.05, 4.69) is 17.4 Å². The van der Waals surface area contributed by atoms with Gasteiger partial charge >= 0.3 is 6.36 Å². The van der Waals surface area contributed by atoms with Crippen molar-refractivity contribution in [2.75, 3.05) is 5.73 Å². The van der Waals surface area contributed by atoms with Crippen molar-refractivity contribution in [1.82, 2.24) is 0 Å². The summed E-state index contributed by atoms with van der Waals surface area (Å²) in [5, 5.41) is 0.167. The van der Waals surface area contributed by atoms with Crippen LogP contribution in [0.15, 0.2) is 17.0 Å². The molecule has 0 atom stereocenters. The minimum absolute atomic E-state index is 0.167. The van der Waals surface area contributed by atoms with Gasteiger partial charge in [-0.2, -0.15) is 0 Å². The van der Waals surface area contributed by atoms with Gasteiger partial charge in [-0.15, -0.1) is 25.8 Å². The van der Waals surface area contributed by atoms with E-state index in [0.717, 1.165) is 12.1 Å². The van der Waals surface area contributed by atoms with Crippen molar-refractivity contribution in [1.29, 1.82) is 0 Å². The minimum atomic E-state index is -4.78. The fourth-order valence-electron chi connectivity index (χ4n) is 0.771. The number of ether oxygens (including phenoxy) is 1. The molecule has 1 rings (SSSR count). The summed E-state index contributed by atoms with van der Waals surface area (Å²) < 4.78 is 39.1. The lowest BCUT2D eigenvalue weighted by Crippen LogP contribution is -2.18. The highest BCUT2D eigenvalue weighted by molar-refractivity contribution is 7.80. The SMILES string of the molecule is Nc1cc(Cl)c(S)cc1OC(F)(F)F. The summed E-state index contributed by atoms with van der Waals surface area (Å²) in [7, 11) is 0. The van der Waals surface area contributed by atoms with Gasteiger partial charge in [0.05, 0.1) is 10.7 Å². The molecule has 0 bridgehead atoms. The largest absolute Gasteiger partial charge is 0.573 e. The third kappa shape index (κ3) is 2.88. The second-order valence-corrected chi connectivity index (χ2v) is 3.28. The molecule has 0 fully saturated rings. The molecule has 0 aromatic heterocycles. The molecule has 1 aromatic carbocycles. The number of rotatable bonds is 1. The number of halogens is 4. The normalized spacial score (nSPS) is 11.5. The minimum Gasteiger partial charge on any atom is -0.404 e. The Balaban J connectivity index is 3.04. The quantitative estimate of drug-likeness (QED) is 0.587. The zero-order valence-corrected chi connectivity index (χ0v) is 8.25. The Morgan fingerprint density at radius 3 is 2.43 bits per heavy atom. The Morgan fingerprint density at radius 1 is 1.36 bits per heavy atom. The van der Waals surface area contributed by atoms with Crippen molar-refractivity contribution < 1.29 is 17.9 Å². The van der Waals surface area contributed by atoms with Crippen LogP contribution in [0.5, 0.6) is 5.75 Å². The van der Waals surface area contributed by atoms with Gasteiger partial charge in [-0.3, -0.25) is 0 Å².